The number of hydrogen-bond acceptors (Lipinski definition) is 6. The van der Waals surface area contributed by atoms with Gasteiger partial charge in [0.05, 0.1) is 4.92 Å². The SMILES string of the molecule is CC1CCCCC1Oc1ccc([N+](=O)[O-])c(/C(N)=N/O)n1. The molecule has 0 aliphatic heterocycles. The van der Waals surface area contributed by atoms with Gasteiger partial charge in [0, 0.05) is 12.1 Å². The minimum Gasteiger partial charge on any atom is -0.474 e. The molecule has 21 heavy (non-hydrogen) atoms. The van der Waals surface area contributed by atoms with E-state index in [1.807, 2.05) is 0 Å². The molecule has 0 aromatic carbocycles. The minimum atomic E-state index is -0.632. The average molecular weight is 294 g/mol. The van der Waals surface area contributed by atoms with Gasteiger partial charge in [-0.1, -0.05) is 18.5 Å². The van der Waals surface area contributed by atoms with Gasteiger partial charge in [-0.05, 0) is 25.2 Å². The lowest BCUT2D eigenvalue weighted by Crippen LogP contribution is -2.29. The maximum absolute atomic E-state index is 10.9. The maximum atomic E-state index is 10.9. The molecule has 114 valence electrons. The molecule has 1 aliphatic rings. The van der Waals surface area contributed by atoms with E-state index in [9.17, 15) is 10.1 Å². The number of ether oxygens (including phenoxy) is 1. The average Bonchev–Trinajstić information content (AvgIpc) is 2.48. The van der Waals surface area contributed by atoms with Crippen molar-refractivity contribution in [1.29, 1.82) is 0 Å². The first-order chi connectivity index (χ1) is 10.0. The Balaban J connectivity index is 2.27. The minimum absolute atomic E-state index is 0.0350. The van der Waals surface area contributed by atoms with Crippen molar-refractivity contribution in [2.24, 2.45) is 16.8 Å². The Morgan fingerprint density at radius 3 is 2.86 bits per heavy atom. The molecular formula is C13H18N4O4. The number of rotatable bonds is 4. The molecule has 0 amide bonds. The summed E-state index contributed by atoms with van der Waals surface area (Å²) in [5.41, 5.74) is 4.92. The van der Waals surface area contributed by atoms with Crippen LogP contribution in [0.2, 0.25) is 0 Å². The van der Waals surface area contributed by atoms with E-state index in [4.69, 9.17) is 15.7 Å². The van der Waals surface area contributed by atoms with Crippen LogP contribution in [-0.2, 0) is 0 Å². The van der Waals surface area contributed by atoms with Gasteiger partial charge >= 0.3 is 0 Å². The fraction of sp³-hybridized carbons (Fsp3) is 0.538. The van der Waals surface area contributed by atoms with Gasteiger partial charge in [-0.25, -0.2) is 4.98 Å². The van der Waals surface area contributed by atoms with E-state index in [1.165, 1.54) is 18.6 Å². The predicted octanol–water partition coefficient (Wildman–Crippen LogP) is 2.04. The molecule has 1 aromatic heterocycles. The number of nitro groups is 1. The van der Waals surface area contributed by atoms with Crippen LogP contribution in [0.4, 0.5) is 5.69 Å². The van der Waals surface area contributed by atoms with Crippen LogP contribution >= 0.6 is 0 Å². The molecule has 1 heterocycles. The standard InChI is InChI=1S/C13H18N4O4/c1-8-4-2-3-5-10(8)21-11-7-6-9(17(19)20)12(15-11)13(14)16-18/h6-8,10,18H,2-5H2,1H3,(H2,14,16). The van der Waals surface area contributed by atoms with Gasteiger partial charge in [-0.2, -0.15) is 0 Å². The van der Waals surface area contributed by atoms with E-state index in [-0.39, 0.29) is 23.4 Å². The van der Waals surface area contributed by atoms with Gasteiger partial charge in [0.2, 0.25) is 5.88 Å². The largest absolute Gasteiger partial charge is 0.474 e. The van der Waals surface area contributed by atoms with Crippen molar-refractivity contribution >= 4 is 11.5 Å². The molecule has 1 saturated carbocycles. The molecule has 0 bridgehead atoms. The van der Waals surface area contributed by atoms with Crippen LogP contribution < -0.4 is 10.5 Å². The summed E-state index contributed by atoms with van der Waals surface area (Å²) >= 11 is 0. The molecule has 1 aliphatic carbocycles. The van der Waals surface area contributed by atoms with Crippen LogP contribution in [0.25, 0.3) is 0 Å². The van der Waals surface area contributed by atoms with Crippen molar-refractivity contribution in [2.45, 2.75) is 38.7 Å². The Bertz CT molecular complexity index is 561. The van der Waals surface area contributed by atoms with Gasteiger partial charge in [-0.15, -0.1) is 0 Å². The Kier molecular flexibility index (Phi) is 4.56. The first-order valence-electron chi connectivity index (χ1n) is 6.83. The summed E-state index contributed by atoms with van der Waals surface area (Å²) in [7, 11) is 0. The highest BCUT2D eigenvalue weighted by atomic mass is 16.6. The Morgan fingerprint density at radius 2 is 2.24 bits per heavy atom. The number of amidine groups is 1. The molecule has 3 N–H and O–H groups in total. The van der Waals surface area contributed by atoms with Crippen molar-refractivity contribution in [3.63, 3.8) is 0 Å². The quantitative estimate of drug-likeness (QED) is 0.288. The summed E-state index contributed by atoms with van der Waals surface area (Å²) in [6.45, 7) is 2.11. The number of aromatic nitrogens is 1. The summed E-state index contributed by atoms with van der Waals surface area (Å²) in [5.74, 6) is 0.243. The van der Waals surface area contributed by atoms with Gasteiger partial charge < -0.3 is 15.7 Å². The van der Waals surface area contributed by atoms with Crippen LogP contribution in [0.1, 0.15) is 38.3 Å². The normalized spacial score (nSPS) is 22.8. The lowest BCUT2D eigenvalue weighted by atomic mass is 9.88. The lowest BCUT2D eigenvalue weighted by Gasteiger charge is -2.28. The molecule has 2 rings (SSSR count). The number of hydrogen-bond donors (Lipinski definition) is 2. The van der Waals surface area contributed by atoms with Gasteiger partial charge in [-0.3, -0.25) is 10.1 Å². The zero-order chi connectivity index (χ0) is 15.4. The van der Waals surface area contributed by atoms with Crippen LogP contribution in [0.3, 0.4) is 0 Å². The molecule has 8 heteroatoms. The summed E-state index contributed by atoms with van der Waals surface area (Å²) in [5, 5.41) is 22.4. The molecule has 0 radical (unpaired) electrons. The molecular weight excluding hydrogens is 276 g/mol. The lowest BCUT2D eigenvalue weighted by molar-refractivity contribution is -0.385. The van der Waals surface area contributed by atoms with Crippen LogP contribution in [-0.4, -0.2) is 27.1 Å². The topological polar surface area (TPSA) is 124 Å². The van der Waals surface area contributed by atoms with Gasteiger partial charge in [0.15, 0.2) is 11.5 Å². The third-order valence-corrected chi connectivity index (χ3v) is 3.70. The van der Waals surface area contributed by atoms with Crippen LogP contribution in [0.5, 0.6) is 5.88 Å². The van der Waals surface area contributed by atoms with E-state index < -0.39 is 10.8 Å². The molecule has 8 nitrogen and oxygen atoms in total. The van der Waals surface area contributed by atoms with Crippen molar-refractivity contribution in [1.82, 2.24) is 4.98 Å². The van der Waals surface area contributed by atoms with Gasteiger partial charge in [0.25, 0.3) is 5.69 Å². The first kappa shape index (κ1) is 15.0. The first-order valence-corrected chi connectivity index (χ1v) is 6.83. The molecule has 0 spiro atoms. The fourth-order valence-electron chi connectivity index (χ4n) is 2.50. The van der Waals surface area contributed by atoms with E-state index in [2.05, 4.69) is 17.1 Å². The second-order valence-electron chi connectivity index (χ2n) is 5.18. The van der Waals surface area contributed by atoms with Crippen LogP contribution in [0, 0.1) is 16.0 Å². The van der Waals surface area contributed by atoms with E-state index in [0.29, 0.717) is 5.92 Å². The smallest absolute Gasteiger partial charge is 0.299 e. The van der Waals surface area contributed by atoms with E-state index in [1.54, 1.807) is 0 Å². The molecule has 2 atom stereocenters. The molecule has 1 fully saturated rings. The molecule has 0 saturated heterocycles. The number of nitrogens with two attached hydrogens (primary N) is 1. The highest BCUT2D eigenvalue weighted by Gasteiger charge is 2.25. The zero-order valence-corrected chi connectivity index (χ0v) is 11.7. The Hall–Kier alpha value is -2.38. The number of oxime groups is 1. The van der Waals surface area contributed by atoms with E-state index >= 15 is 0 Å². The summed E-state index contributed by atoms with van der Waals surface area (Å²) in [6, 6.07) is 2.69. The Morgan fingerprint density at radius 1 is 1.52 bits per heavy atom. The third kappa shape index (κ3) is 3.39. The molecule has 1 aromatic rings. The van der Waals surface area contributed by atoms with Crippen LogP contribution in [0.15, 0.2) is 17.3 Å². The van der Waals surface area contributed by atoms with E-state index in [0.717, 1.165) is 19.3 Å². The second kappa shape index (κ2) is 6.38. The van der Waals surface area contributed by atoms with Crippen molar-refractivity contribution in [3.8, 4) is 5.88 Å². The highest BCUT2D eigenvalue weighted by Crippen LogP contribution is 2.28. The monoisotopic (exact) mass is 294 g/mol. The highest BCUT2D eigenvalue weighted by molar-refractivity contribution is 5.98. The van der Waals surface area contributed by atoms with Gasteiger partial charge in [0.1, 0.15) is 6.10 Å². The summed E-state index contributed by atoms with van der Waals surface area (Å²) in [6.07, 6.45) is 4.33. The number of nitrogens with zero attached hydrogens (tertiary/aromatic N) is 3. The third-order valence-electron chi connectivity index (χ3n) is 3.70. The second-order valence-corrected chi connectivity index (χ2v) is 5.18. The Labute approximate surface area is 121 Å². The summed E-state index contributed by atoms with van der Waals surface area (Å²) in [4.78, 5) is 14.3. The predicted molar refractivity (Wildman–Crippen MR) is 75.5 cm³/mol. The zero-order valence-electron chi connectivity index (χ0n) is 11.7. The number of pyridine rings is 1. The van der Waals surface area contributed by atoms with Crippen molar-refractivity contribution in [3.05, 3.63) is 27.9 Å². The van der Waals surface area contributed by atoms with Crippen molar-refractivity contribution in [2.75, 3.05) is 0 Å². The maximum Gasteiger partial charge on any atom is 0.299 e. The fourth-order valence-corrected chi connectivity index (χ4v) is 2.50. The molecule has 2 unspecified atom stereocenters. The summed E-state index contributed by atoms with van der Waals surface area (Å²) < 4.78 is 5.81. The van der Waals surface area contributed by atoms with Crippen molar-refractivity contribution < 1.29 is 14.9 Å².